The van der Waals surface area contributed by atoms with Crippen LogP contribution in [0.5, 0.6) is 0 Å². The molecular weight excluding hydrogens is 406 g/mol. The third-order valence-electron chi connectivity index (χ3n) is 6.36. The molecule has 3 aliphatic heterocycles. The van der Waals surface area contributed by atoms with E-state index in [2.05, 4.69) is 10.1 Å². The van der Waals surface area contributed by atoms with Crippen LogP contribution in [0.2, 0.25) is 0 Å². The summed E-state index contributed by atoms with van der Waals surface area (Å²) in [6, 6.07) is 0.669. The lowest BCUT2D eigenvalue weighted by atomic mass is 9.86. The first-order chi connectivity index (χ1) is 14.2. The molecule has 5 heterocycles. The van der Waals surface area contributed by atoms with Crippen molar-refractivity contribution in [3.63, 3.8) is 0 Å². The van der Waals surface area contributed by atoms with E-state index in [1.165, 1.54) is 4.57 Å². The predicted molar refractivity (Wildman–Crippen MR) is 95.0 cm³/mol. The zero-order valence-electron chi connectivity index (χ0n) is 15.9. The summed E-state index contributed by atoms with van der Waals surface area (Å²) in [6.45, 7) is 0.242. The van der Waals surface area contributed by atoms with Gasteiger partial charge in [0.1, 0.15) is 11.9 Å². The van der Waals surface area contributed by atoms with Gasteiger partial charge in [-0.25, -0.2) is 18.9 Å². The number of carbonyl (C=O) groups is 1. The van der Waals surface area contributed by atoms with Gasteiger partial charge in [0, 0.05) is 30.8 Å². The fourth-order valence-corrected chi connectivity index (χ4v) is 4.83. The highest BCUT2D eigenvalue weighted by Crippen LogP contribution is 2.42. The first kappa shape index (κ1) is 19.3. The van der Waals surface area contributed by atoms with Crippen molar-refractivity contribution in [2.24, 2.45) is 5.92 Å². The van der Waals surface area contributed by atoms with Gasteiger partial charge in [-0.1, -0.05) is 0 Å². The second-order valence-electron chi connectivity index (χ2n) is 8.25. The lowest BCUT2D eigenvalue weighted by Gasteiger charge is -2.30. The molecule has 30 heavy (non-hydrogen) atoms. The van der Waals surface area contributed by atoms with Crippen LogP contribution in [0.4, 0.5) is 17.6 Å². The third-order valence-corrected chi connectivity index (χ3v) is 6.36. The fraction of sp³-hybridized carbons (Fsp3) is 0.579. The maximum absolute atomic E-state index is 14.3. The number of hydrogen-bond donors (Lipinski definition) is 0. The number of pyridine rings is 1. The van der Waals surface area contributed by atoms with Crippen LogP contribution in [0.3, 0.4) is 0 Å². The number of amides is 1. The number of aromatic nitrogens is 4. The Kier molecular flexibility index (Phi) is 4.26. The molecule has 1 saturated carbocycles. The molecule has 0 N–H and O–H groups in total. The van der Waals surface area contributed by atoms with Crippen LogP contribution in [-0.4, -0.2) is 42.7 Å². The summed E-state index contributed by atoms with van der Waals surface area (Å²) < 4.78 is 55.4. The predicted octanol–water partition coefficient (Wildman–Crippen LogP) is 2.14. The largest absolute Gasteiger partial charge is 0.436 e. The van der Waals surface area contributed by atoms with Crippen molar-refractivity contribution in [3.8, 4) is 0 Å². The van der Waals surface area contributed by atoms with Gasteiger partial charge in [0.25, 0.3) is 0 Å². The zero-order chi connectivity index (χ0) is 21.2. The van der Waals surface area contributed by atoms with Gasteiger partial charge in [0.05, 0.1) is 6.54 Å². The first-order valence-corrected chi connectivity index (χ1v) is 9.93. The van der Waals surface area contributed by atoms with Gasteiger partial charge in [0.15, 0.2) is 11.5 Å². The molecule has 0 aromatic carbocycles. The number of halogens is 4. The molecule has 1 atom stereocenters. The minimum Gasteiger partial charge on any atom is -0.338 e. The Morgan fingerprint density at radius 3 is 2.70 bits per heavy atom. The summed E-state index contributed by atoms with van der Waals surface area (Å²) in [4.78, 5) is 30.9. The van der Waals surface area contributed by atoms with Gasteiger partial charge in [-0.3, -0.25) is 9.36 Å². The second-order valence-corrected chi connectivity index (χ2v) is 8.25. The Morgan fingerprint density at radius 1 is 1.27 bits per heavy atom. The summed E-state index contributed by atoms with van der Waals surface area (Å²) >= 11 is 0. The Hall–Kier alpha value is -2.72. The Labute approximate surface area is 168 Å². The van der Waals surface area contributed by atoms with E-state index in [-0.39, 0.29) is 17.5 Å². The Balaban J connectivity index is 1.46. The number of alkyl halides is 3. The van der Waals surface area contributed by atoms with Crippen LogP contribution in [0.25, 0.3) is 0 Å². The zero-order valence-corrected chi connectivity index (χ0v) is 15.9. The van der Waals surface area contributed by atoms with Crippen LogP contribution < -0.4 is 5.69 Å². The van der Waals surface area contributed by atoms with E-state index in [0.717, 1.165) is 29.8 Å². The molecule has 2 saturated heterocycles. The highest BCUT2D eigenvalue weighted by atomic mass is 19.4. The average Bonchev–Trinajstić information content (AvgIpc) is 3.35. The molecule has 0 unspecified atom stereocenters. The lowest BCUT2D eigenvalue weighted by Crippen LogP contribution is -2.43. The van der Waals surface area contributed by atoms with Crippen LogP contribution in [-0.2, 0) is 23.9 Å². The van der Waals surface area contributed by atoms with Gasteiger partial charge < -0.3 is 4.90 Å². The van der Waals surface area contributed by atoms with E-state index in [0.29, 0.717) is 37.5 Å². The van der Waals surface area contributed by atoms with Crippen LogP contribution in [0.15, 0.2) is 17.1 Å². The SMILES string of the molecule is O=C([C@@H]1CCCc2nn(Cc3ccnc(C(F)(F)F)c3F)c(=O)n21)N1CC2CC1C2. The van der Waals surface area contributed by atoms with E-state index >= 15 is 0 Å². The summed E-state index contributed by atoms with van der Waals surface area (Å²) in [7, 11) is 0. The number of fused-ring (bicyclic) bond motifs is 2. The van der Waals surface area contributed by atoms with Crippen molar-refractivity contribution in [1.82, 2.24) is 24.2 Å². The smallest absolute Gasteiger partial charge is 0.338 e. The molecule has 2 bridgehead atoms. The van der Waals surface area contributed by atoms with Crippen LogP contribution >= 0.6 is 0 Å². The van der Waals surface area contributed by atoms with Gasteiger partial charge in [0.2, 0.25) is 5.91 Å². The second kappa shape index (κ2) is 6.64. The molecule has 0 spiro atoms. The quantitative estimate of drug-likeness (QED) is 0.707. The van der Waals surface area contributed by atoms with Gasteiger partial charge in [-0.15, -0.1) is 0 Å². The van der Waals surface area contributed by atoms with Crippen molar-refractivity contribution >= 4 is 5.91 Å². The fourth-order valence-electron chi connectivity index (χ4n) is 4.83. The number of hydrogen-bond acceptors (Lipinski definition) is 4. The molecule has 1 aliphatic carbocycles. The molecule has 2 aromatic rings. The maximum Gasteiger partial charge on any atom is 0.436 e. The van der Waals surface area contributed by atoms with E-state index < -0.39 is 36.0 Å². The topological polar surface area (TPSA) is 73.0 Å². The lowest BCUT2D eigenvalue weighted by molar-refractivity contribution is -0.143. The molecular formula is C19H19F4N5O2. The highest BCUT2D eigenvalue weighted by molar-refractivity contribution is 5.81. The van der Waals surface area contributed by atoms with Gasteiger partial charge >= 0.3 is 11.9 Å². The Bertz CT molecular complexity index is 1070. The molecule has 160 valence electrons. The first-order valence-electron chi connectivity index (χ1n) is 9.93. The number of rotatable bonds is 3. The number of nitrogens with zero attached hydrogens (tertiary/aromatic N) is 5. The molecule has 0 radical (unpaired) electrons. The van der Waals surface area contributed by atoms with E-state index in [9.17, 15) is 27.2 Å². The molecule has 11 heteroatoms. The summed E-state index contributed by atoms with van der Waals surface area (Å²) in [5, 5.41) is 4.20. The maximum atomic E-state index is 14.3. The van der Waals surface area contributed by atoms with Crippen LogP contribution in [0, 0.1) is 11.7 Å². The van der Waals surface area contributed by atoms with Crippen LogP contribution in [0.1, 0.15) is 48.8 Å². The van der Waals surface area contributed by atoms with E-state index in [4.69, 9.17) is 0 Å². The third kappa shape index (κ3) is 2.93. The minimum absolute atomic E-state index is 0.1000. The van der Waals surface area contributed by atoms with Gasteiger partial charge in [-0.2, -0.15) is 18.3 Å². The monoisotopic (exact) mass is 425 g/mol. The molecule has 1 amide bonds. The van der Waals surface area contributed by atoms with Crippen molar-refractivity contribution < 1.29 is 22.4 Å². The van der Waals surface area contributed by atoms with E-state index in [1.54, 1.807) is 0 Å². The molecule has 2 aromatic heterocycles. The van der Waals surface area contributed by atoms with Crippen molar-refractivity contribution in [1.29, 1.82) is 0 Å². The summed E-state index contributed by atoms with van der Waals surface area (Å²) in [5.74, 6) is -0.676. The number of aryl methyl sites for hydroxylation is 1. The summed E-state index contributed by atoms with van der Waals surface area (Å²) in [5.41, 5.74) is -2.57. The average molecular weight is 425 g/mol. The standard InChI is InChI=1S/C19H19F4N5O2/c20-15-11(4-5-24-16(15)19(21,22)23)9-27-18(30)28-13(2-1-3-14(28)25-27)17(29)26-8-10-6-12(26)7-10/h4-5,10,12-13H,1-3,6-9H2/t10?,12?,13-/m0/s1. The minimum atomic E-state index is -4.94. The highest BCUT2D eigenvalue weighted by Gasteiger charge is 2.47. The van der Waals surface area contributed by atoms with E-state index in [1.807, 2.05) is 4.90 Å². The summed E-state index contributed by atoms with van der Waals surface area (Å²) in [6.07, 6.45) is -0.417. The van der Waals surface area contributed by atoms with Crippen molar-refractivity contribution in [2.45, 2.75) is 56.9 Å². The van der Waals surface area contributed by atoms with Gasteiger partial charge in [-0.05, 0) is 37.7 Å². The molecule has 7 nitrogen and oxygen atoms in total. The Morgan fingerprint density at radius 2 is 2.03 bits per heavy atom. The van der Waals surface area contributed by atoms with Crippen molar-refractivity contribution in [3.05, 3.63) is 45.6 Å². The molecule has 4 aliphatic rings. The number of carbonyl (C=O) groups excluding carboxylic acids is 1. The van der Waals surface area contributed by atoms with Crippen molar-refractivity contribution in [2.75, 3.05) is 6.54 Å². The normalized spacial score (nSPS) is 25.2. The molecule has 6 rings (SSSR count). The molecule has 3 fully saturated rings.